The third kappa shape index (κ3) is 20.6. The fourth-order valence-corrected chi connectivity index (χ4v) is 13.2. The summed E-state index contributed by atoms with van der Waals surface area (Å²) in [6.45, 7) is 2.90. The molecule has 3 N–H and O–H groups in total. The molecule has 13 rings (SSSR count). The van der Waals surface area contributed by atoms with Crippen LogP contribution in [0.2, 0.25) is 0 Å². The van der Waals surface area contributed by atoms with E-state index in [2.05, 4.69) is 5.32 Å². The molecule has 1 atom stereocenters. The lowest BCUT2D eigenvalue weighted by Gasteiger charge is -2.30. The van der Waals surface area contributed by atoms with Crippen molar-refractivity contribution in [3.05, 3.63) is 282 Å². The number of carbonyl (C=O) groups excluding carboxylic acids is 6. The smallest absolute Gasteiger partial charge is 0.343 e. The van der Waals surface area contributed by atoms with Gasteiger partial charge in [0.15, 0.2) is 43.0 Å². The summed E-state index contributed by atoms with van der Waals surface area (Å²) >= 11 is 0. The maximum Gasteiger partial charge on any atom is 0.343 e. The second-order valence-corrected chi connectivity index (χ2v) is 24.3. The monoisotopic (exact) mass is 1440 g/mol. The summed E-state index contributed by atoms with van der Waals surface area (Å²) < 4.78 is 50.1. The van der Waals surface area contributed by atoms with E-state index in [1.54, 1.807) is 212 Å². The summed E-state index contributed by atoms with van der Waals surface area (Å²) in [5.41, 5.74) is 4.61. The minimum absolute atomic E-state index is 0. The van der Waals surface area contributed by atoms with E-state index in [0.29, 0.717) is 68.6 Å². The number of Topliss-reactive ketones (excluding diaryl/α,β-unsaturated/α-hetero) is 4. The highest BCUT2D eigenvalue weighted by Gasteiger charge is 2.40. The van der Waals surface area contributed by atoms with Crippen LogP contribution in [0.1, 0.15) is 150 Å². The molecule has 0 radical (unpaired) electrons. The molecule has 0 aliphatic carbocycles. The molecule has 0 aromatic heterocycles. The third-order valence-electron chi connectivity index (χ3n) is 15.7. The summed E-state index contributed by atoms with van der Waals surface area (Å²) in [6, 6.07) is 70.0. The van der Waals surface area contributed by atoms with Crippen molar-refractivity contribution in [2.45, 2.75) is 88.1 Å². The molecule has 1 unspecified atom stereocenters. The van der Waals surface area contributed by atoms with E-state index >= 15 is 4.57 Å². The van der Waals surface area contributed by atoms with Crippen LogP contribution in [0.15, 0.2) is 249 Å². The number of nitrogens with one attached hydrogen (secondary N) is 1. The lowest BCUT2D eigenvalue weighted by Crippen LogP contribution is -2.27. The molecule has 105 heavy (non-hydrogen) atoms. The van der Waals surface area contributed by atoms with Crippen LogP contribution in [-0.2, 0) is 4.57 Å². The van der Waals surface area contributed by atoms with Gasteiger partial charge < -0.3 is 43.7 Å². The van der Waals surface area contributed by atoms with Crippen molar-refractivity contribution in [1.82, 2.24) is 0 Å². The lowest BCUT2D eigenvalue weighted by atomic mass is 10.0. The quantitative estimate of drug-likeness (QED) is 0.0279. The van der Waals surface area contributed by atoms with E-state index in [0.717, 1.165) is 43.4 Å². The molecule has 16 nitrogen and oxygen atoms in total. The lowest BCUT2D eigenvalue weighted by molar-refractivity contribution is 0.0733. The predicted octanol–water partition coefficient (Wildman–Crippen LogP) is 21.8. The van der Waals surface area contributed by atoms with Gasteiger partial charge in [0.05, 0.1) is 22.8 Å². The van der Waals surface area contributed by atoms with Gasteiger partial charge in [0.2, 0.25) is 0 Å². The number of ketones is 4. The van der Waals surface area contributed by atoms with Crippen molar-refractivity contribution in [1.29, 1.82) is 0 Å². The van der Waals surface area contributed by atoms with E-state index < -0.39 is 25.7 Å². The first-order valence-corrected chi connectivity index (χ1v) is 31.7. The average molecular weight is 1440 g/mol. The standard InChI is InChI=1S/C47H36NO9P.C31H22O6.10CH4/c1-2-54-38-22-23-44(46(27-38)58(53)45-13-6-4-11-40(45)39-10-3-5-12-43(39)57-58)56-29-42(51)33-9-7-8-32(25-33)41(50)28-55-37-20-17-35(18-21-37)48-47(52)34-15-14-31-26-36(49)19-16-30(31)24-34;1-19(32)20-7-11-28(12-8-20)36-18-30(34)25-4-2-24-17-29(13-9-22(24)14-25)37-31(35)26-5-3-23-16-27(33)10-6-21(23)15-26;;;;;;;;;;/h3-27,49H,2,28-29H2,1H3,(H,48,52);2-17,33H,18H2,1H3;10*1H4. The van der Waals surface area contributed by atoms with Crippen molar-refractivity contribution in [3.8, 4) is 57.1 Å². The Labute approximate surface area is 618 Å². The van der Waals surface area contributed by atoms with E-state index in [1.807, 2.05) is 37.3 Å². The largest absolute Gasteiger partial charge is 0.508 e. The first-order chi connectivity index (χ1) is 46.0. The van der Waals surface area contributed by atoms with Crippen molar-refractivity contribution in [2.24, 2.45) is 0 Å². The zero-order valence-electron chi connectivity index (χ0n) is 51.1. The average Bonchev–Trinajstić information content (AvgIpc) is 0.731. The molecule has 0 saturated carbocycles. The fourth-order valence-electron chi connectivity index (χ4n) is 10.7. The van der Waals surface area contributed by atoms with Crippen molar-refractivity contribution < 1.29 is 71.8 Å². The first kappa shape index (κ1) is 89.0. The SMILES string of the molecule is C.C.C.C.C.C.C.C.C.C.CC(=O)c1ccc(OCC(=O)c2ccc3cc(OC(=O)c4ccc5cc(O)ccc5c4)ccc3c2)cc1.CCOc1ccc(OCC(=O)c2cccc(C(=O)COc3ccc(NC(=O)c4ccc5cc(O)ccc5c4)cc3)c2)c(P2(=O)Oc3ccccc3-c3ccccc32)c1. The van der Waals surface area contributed by atoms with Crippen LogP contribution in [0.4, 0.5) is 5.69 Å². The maximum absolute atomic E-state index is 15.0. The van der Waals surface area contributed by atoms with Crippen LogP contribution in [-0.4, -0.2) is 71.7 Å². The van der Waals surface area contributed by atoms with Crippen LogP contribution >= 0.6 is 7.37 Å². The van der Waals surface area contributed by atoms with Crippen molar-refractivity contribution in [3.63, 3.8) is 0 Å². The first-order valence-electron chi connectivity index (χ1n) is 30.1. The van der Waals surface area contributed by atoms with E-state index in [9.17, 15) is 39.0 Å². The van der Waals surface area contributed by atoms with E-state index in [-0.39, 0.29) is 144 Å². The molecule has 17 heteroatoms. The highest BCUT2D eigenvalue weighted by molar-refractivity contribution is 7.75. The number of benzene rings is 12. The Morgan fingerprint density at radius 1 is 0.381 bits per heavy atom. The Kier molecular flexibility index (Phi) is 33.3. The highest BCUT2D eigenvalue weighted by Crippen LogP contribution is 2.55. The Morgan fingerprint density at radius 3 is 1.40 bits per heavy atom. The maximum atomic E-state index is 15.0. The predicted molar refractivity (Wildman–Crippen MR) is 431 cm³/mol. The molecule has 12 aromatic rings. The molecule has 1 heterocycles. The number of hydrogen-bond acceptors (Lipinski definition) is 15. The summed E-state index contributed by atoms with van der Waals surface area (Å²) in [7, 11) is -3.79. The van der Waals surface area contributed by atoms with Crippen molar-refractivity contribution in [2.75, 3.05) is 31.7 Å². The van der Waals surface area contributed by atoms with Crippen LogP contribution < -0.4 is 44.1 Å². The van der Waals surface area contributed by atoms with Gasteiger partial charge in [-0.2, -0.15) is 0 Å². The fraction of sp³-hybridized carbons (Fsp3) is 0.182. The Bertz CT molecular complexity index is 5050. The zero-order valence-corrected chi connectivity index (χ0v) is 52.0. The molecule has 1 amide bonds. The Hall–Kier alpha value is -12.1. The normalized spacial score (nSPS) is 11.6. The topological polar surface area (TPSA) is 227 Å². The number of carbonyl (C=O) groups is 6. The summed E-state index contributed by atoms with van der Waals surface area (Å²) in [6.07, 6.45) is 0. The molecule has 12 aromatic carbocycles. The highest BCUT2D eigenvalue weighted by atomic mass is 31.2. The van der Waals surface area contributed by atoms with Crippen molar-refractivity contribution >= 4 is 91.0 Å². The number of phenols is 2. The molecule has 550 valence electrons. The summed E-state index contributed by atoms with van der Waals surface area (Å²) in [5.74, 6) is 1.02. The van der Waals surface area contributed by atoms with Crippen LogP contribution in [0.5, 0.6) is 46.0 Å². The van der Waals surface area contributed by atoms with E-state index in [4.69, 9.17) is 28.2 Å². The number of ether oxygens (including phenoxy) is 5. The Balaban J connectivity index is 0.000000702. The molecular formula is C88H98NO15P. The number of amides is 1. The van der Waals surface area contributed by atoms with Gasteiger partial charge >= 0.3 is 13.3 Å². The number of esters is 1. The molecule has 0 bridgehead atoms. The second kappa shape index (κ2) is 39.3. The Morgan fingerprint density at radius 2 is 0.819 bits per heavy atom. The van der Waals surface area contributed by atoms with Gasteiger partial charge in [-0.15, -0.1) is 0 Å². The number of para-hydroxylation sites is 1. The van der Waals surface area contributed by atoms with Crippen LogP contribution in [0, 0.1) is 0 Å². The van der Waals surface area contributed by atoms with Gasteiger partial charge in [-0.3, -0.25) is 28.5 Å². The summed E-state index contributed by atoms with van der Waals surface area (Å²) in [4.78, 5) is 76.3. The number of fused-ring (bicyclic) bond motifs is 6. The van der Waals surface area contributed by atoms with Crippen LogP contribution in [0.25, 0.3) is 43.4 Å². The van der Waals surface area contributed by atoms with Gasteiger partial charge in [-0.1, -0.05) is 171 Å². The van der Waals surface area contributed by atoms with Gasteiger partial charge in [0, 0.05) is 39.1 Å². The molecule has 0 fully saturated rings. The number of rotatable bonds is 20. The van der Waals surface area contributed by atoms with Gasteiger partial charge in [-0.05, 0) is 203 Å². The third-order valence-corrected chi connectivity index (χ3v) is 18.1. The van der Waals surface area contributed by atoms with Gasteiger partial charge in [0.1, 0.15) is 46.0 Å². The van der Waals surface area contributed by atoms with Gasteiger partial charge in [-0.25, -0.2) is 4.79 Å². The minimum atomic E-state index is -3.79. The van der Waals surface area contributed by atoms with Crippen LogP contribution in [0.3, 0.4) is 0 Å². The van der Waals surface area contributed by atoms with E-state index in [1.165, 1.54) is 13.0 Å². The molecular weight excluding hydrogens is 1340 g/mol. The minimum Gasteiger partial charge on any atom is -0.508 e. The molecule has 0 saturated heterocycles. The van der Waals surface area contributed by atoms with Gasteiger partial charge in [0.25, 0.3) is 5.91 Å². The second-order valence-electron chi connectivity index (χ2n) is 22.1. The number of aromatic hydroxyl groups is 2. The number of hydrogen-bond donors (Lipinski definition) is 3. The number of phenolic OH excluding ortho intramolecular Hbond substituents is 2. The summed E-state index contributed by atoms with van der Waals surface area (Å²) in [5, 5.41) is 27.8. The molecule has 1 aliphatic heterocycles. The number of anilines is 1. The molecule has 1 aliphatic rings. The zero-order chi connectivity index (χ0) is 66.2. The molecule has 0 spiro atoms.